The predicted molar refractivity (Wildman–Crippen MR) is 38.8 cm³/mol. The quantitative estimate of drug-likeness (QED) is 0.588. The van der Waals surface area contributed by atoms with Crippen LogP contribution in [0.1, 0.15) is 5.56 Å². The van der Waals surface area contributed by atoms with Crippen molar-refractivity contribution in [2.24, 2.45) is 0 Å². The van der Waals surface area contributed by atoms with E-state index in [1.54, 1.807) is 6.07 Å². The molecule has 1 aromatic carbocycles. The molecule has 0 aliphatic rings. The maximum atomic E-state index is 12.3. The molecule has 2 heteroatoms. The van der Waals surface area contributed by atoms with Gasteiger partial charge in [-0.2, -0.15) is 0 Å². The van der Waals surface area contributed by atoms with E-state index in [9.17, 15) is 4.39 Å². The van der Waals surface area contributed by atoms with Crippen molar-refractivity contribution in [3.05, 3.63) is 34.1 Å². The van der Waals surface area contributed by atoms with Gasteiger partial charge in [-0.15, -0.1) is 0 Å². The third-order valence-corrected chi connectivity index (χ3v) is 1.99. The fourth-order valence-corrected chi connectivity index (χ4v) is 0.918. The first kappa shape index (κ1) is 6.75. The summed E-state index contributed by atoms with van der Waals surface area (Å²) in [4.78, 5) is 0. The zero-order valence-electron chi connectivity index (χ0n) is 4.99. The zero-order chi connectivity index (χ0) is 6.85. The van der Waals surface area contributed by atoms with Crippen LogP contribution in [0.25, 0.3) is 0 Å². The van der Waals surface area contributed by atoms with E-state index in [2.05, 4.69) is 15.9 Å². The number of halogens is 2. The highest BCUT2D eigenvalue weighted by Gasteiger charge is 1.93. The van der Waals surface area contributed by atoms with Crippen LogP contribution in [0.4, 0.5) is 4.39 Å². The molecule has 1 rings (SSSR count). The van der Waals surface area contributed by atoms with Gasteiger partial charge in [0.25, 0.3) is 0 Å². The first-order valence-electron chi connectivity index (χ1n) is 2.62. The molecule has 0 radical (unpaired) electrons. The molecule has 0 saturated carbocycles. The highest BCUT2D eigenvalue weighted by atomic mass is 79.9. The normalized spacial score (nSPS) is 9.67. The van der Waals surface area contributed by atoms with Crippen molar-refractivity contribution in [2.45, 2.75) is 6.92 Å². The molecule has 0 saturated heterocycles. The third-order valence-electron chi connectivity index (χ3n) is 1.13. The lowest BCUT2D eigenvalue weighted by molar-refractivity contribution is 0.626. The van der Waals surface area contributed by atoms with Crippen molar-refractivity contribution in [3.63, 3.8) is 0 Å². The Morgan fingerprint density at radius 3 is 2.56 bits per heavy atom. The lowest BCUT2D eigenvalue weighted by Gasteiger charge is -1.94. The largest absolute Gasteiger partial charge is 0.207 e. The minimum atomic E-state index is -0.201. The van der Waals surface area contributed by atoms with Gasteiger partial charge in [0.2, 0.25) is 0 Å². The van der Waals surface area contributed by atoms with E-state index >= 15 is 0 Å². The molecule has 0 aliphatic heterocycles. The lowest BCUT2D eigenvalue weighted by atomic mass is 10.2. The Morgan fingerprint density at radius 2 is 2.11 bits per heavy atom. The van der Waals surface area contributed by atoms with Crippen LogP contribution in [0.5, 0.6) is 0 Å². The monoisotopic (exact) mass is 188 g/mol. The Morgan fingerprint density at radius 1 is 1.44 bits per heavy atom. The summed E-state index contributed by atoms with van der Waals surface area (Å²) in [5.74, 6) is -0.201. The summed E-state index contributed by atoms with van der Waals surface area (Å²) in [5.41, 5.74) is 1.05. The second-order valence-electron chi connectivity index (χ2n) is 1.89. The number of benzene rings is 1. The molecule has 48 valence electrons. The topological polar surface area (TPSA) is 0 Å². The molecular weight excluding hydrogens is 183 g/mol. The van der Waals surface area contributed by atoms with Crippen LogP contribution in [0.3, 0.4) is 0 Å². The number of rotatable bonds is 0. The summed E-state index contributed by atoms with van der Waals surface area (Å²) in [6.07, 6.45) is 0. The van der Waals surface area contributed by atoms with Gasteiger partial charge in [-0.3, -0.25) is 0 Å². The average Bonchev–Trinajstić information content (AvgIpc) is 1.80. The number of hydrogen-bond acceptors (Lipinski definition) is 0. The minimum absolute atomic E-state index is 0.201. The maximum absolute atomic E-state index is 12.3. The number of aryl methyl sites for hydroxylation is 1. The standard InChI is InChI=1S/C7H6BrF/c1-5-2-3-6(9)4-7(5)8/h2-4H,1H3. The van der Waals surface area contributed by atoms with E-state index in [-0.39, 0.29) is 5.82 Å². The van der Waals surface area contributed by atoms with Crippen molar-refractivity contribution < 1.29 is 4.39 Å². The van der Waals surface area contributed by atoms with Crippen LogP contribution in [-0.2, 0) is 0 Å². The van der Waals surface area contributed by atoms with Crippen LogP contribution in [-0.4, -0.2) is 0 Å². The van der Waals surface area contributed by atoms with Gasteiger partial charge in [-0.1, -0.05) is 22.0 Å². The van der Waals surface area contributed by atoms with Crippen molar-refractivity contribution >= 4 is 15.9 Å². The molecule has 1 aromatic rings. The summed E-state index contributed by atoms with van der Waals surface area (Å²) in [5, 5.41) is 0. The van der Waals surface area contributed by atoms with Crippen molar-refractivity contribution in [3.8, 4) is 0 Å². The lowest BCUT2D eigenvalue weighted by Crippen LogP contribution is -1.76. The first-order chi connectivity index (χ1) is 4.20. The van der Waals surface area contributed by atoms with Gasteiger partial charge in [0.05, 0.1) is 0 Å². The van der Waals surface area contributed by atoms with E-state index < -0.39 is 0 Å². The van der Waals surface area contributed by atoms with Gasteiger partial charge in [0.15, 0.2) is 0 Å². The van der Waals surface area contributed by atoms with Crippen LogP contribution in [0, 0.1) is 12.7 Å². The van der Waals surface area contributed by atoms with E-state index in [1.165, 1.54) is 12.1 Å². The first-order valence-corrected chi connectivity index (χ1v) is 3.41. The molecular formula is C7H6BrF. The molecule has 9 heavy (non-hydrogen) atoms. The highest BCUT2D eigenvalue weighted by Crippen LogP contribution is 2.15. The van der Waals surface area contributed by atoms with E-state index in [1.807, 2.05) is 6.92 Å². The molecule has 0 fully saturated rings. The molecule has 0 heterocycles. The fourth-order valence-electron chi connectivity index (χ4n) is 0.567. The summed E-state index contributed by atoms with van der Waals surface area (Å²) in [6, 6.07) is 4.63. The van der Waals surface area contributed by atoms with Crippen molar-refractivity contribution in [1.29, 1.82) is 0 Å². The summed E-state index contributed by atoms with van der Waals surface area (Å²) >= 11 is 3.21. The Bertz CT molecular complexity index is 220. The summed E-state index contributed by atoms with van der Waals surface area (Å²) < 4.78 is 13.1. The zero-order valence-corrected chi connectivity index (χ0v) is 6.57. The fraction of sp³-hybridized carbons (Fsp3) is 0.143. The maximum Gasteiger partial charge on any atom is 0.124 e. The van der Waals surface area contributed by atoms with Gasteiger partial charge < -0.3 is 0 Å². The van der Waals surface area contributed by atoms with Crippen LogP contribution < -0.4 is 0 Å². The van der Waals surface area contributed by atoms with E-state index in [0.717, 1.165) is 10.0 Å². The van der Waals surface area contributed by atoms with Gasteiger partial charge in [-0.25, -0.2) is 4.39 Å². The molecule has 0 unspecified atom stereocenters. The molecule has 0 aromatic heterocycles. The Balaban J connectivity index is 3.17. The molecule has 0 atom stereocenters. The molecule has 0 amide bonds. The van der Waals surface area contributed by atoms with Crippen molar-refractivity contribution in [1.82, 2.24) is 0 Å². The second-order valence-corrected chi connectivity index (χ2v) is 2.75. The Labute approximate surface area is 61.8 Å². The molecule has 0 aliphatic carbocycles. The van der Waals surface area contributed by atoms with Crippen molar-refractivity contribution in [2.75, 3.05) is 0 Å². The summed E-state index contributed by atoms with van der Waals surface area (Å²) in [6.45, 7) is 1.92. The van der Waals surface area contributed by atoms with Gasteiger partial charge in [0.1, 0.15) is 5.82 Å². The second kappa shape index (κ2) is 2.48. The van der Waals surface area contributed by atoms with E-state index in [4.69, 9.17) is 0 Å². The molecule has 0 spiro atoms. The highest BCUT2D eigenvalue weighted by molar-refractivity contribution is 9.10. The van der Waals surface area contributed by atoms with Crippen LogP contribution in [0.2, 0.25) is 0 Å². The van der Waals surface area contributed by atoms with Gasteiger partial charge in [-0.05, 0) is 24.6 Å². The predicted octanol–water partition coefficient (Wildman–Crippen LogP) is 2.90. The number of hydrogen-bond donors (Lipinski definition) is 0. The smallest absolute Gasteiger partial charge is 0.124 e. The SMILES string of the molecule is Cc1ccc(F)cc1Br. The summed E-state index contributed by atoms with van der Waals surface area (Å²) in [7, 11) is 0. The van der Waals surface area contributed by atoms with Crippen LogP contribution >= 0.6 is 15.9 Å². The minimum Gasteiger partial charge on any atom is -0.207 e. The Hall–Kier alpha value is -0.370. The average molecular weight is 189 g/mol. The molecule has 0 N–H and O–H groups in total. The van der Waals surface area contributed by atoms with Gasteiger partial charge in [0, 0.05) is 4.47 Å². The van der Waals surface area contributed by atoms with Crippen LogP contribution in [0.15, 0.2) is 22.7 Å². The van der Waals surface area contributed by atoms with Gasteiger partial charge >= 0.3 is 0 Å². The Kier molecular flexibility index (Phi) is 1.86. The molecule has 0 nitrogen and oxygen atoms in total. The van der Waals surface area contributed by atoms with E-state index in [0.29, 0.717) is 0 Å². The molecule has 0 bridgehead atoms. The third kappa shape index (κ3) is 1.52.